The summed E-state index contributed by atoms with van der Waals surface area (Å²) in [5.74, 6) is -0.204. The Kier molecular flexibility index (Phi) is 6.53. The third kappa shape index (κ3) is 5.43. The molecule has 2 N–H and O–H groups in total. The summed E-state index contributed by atoms with van der Waals surface area (Å²) in [6.45, 7) is 1.94. The van der Waals surface area contributed by atoms with Crippen LogP contribution in [0.2, 0.25) is 0 Å². The normalized spacial score (nSPS) is 12.6. The minimum absolute atomic E-state index is 0.0474. The van der Waals surface area contributed by atoms with Crippen molar-refractivity contribution in [2.75, 3.05) is 6.54 Å². The maximum absolute atomic E-state index is 12.1. The van der Waals surface area contributed by atoms with Crippen molar-refractivity contribution in [1.29, 1.82) is 0 Å². The molecule has 0 fully saturated rings. The molecule has 0 aliphatic rings. The third-order valence-electron chi connectivity index (χ3n) is 3.45. The van der Waals surface area contributed by atoms with Crippen molar-refractivity contribution in [2.24, 2.45) is 0 Å². The number of amides is 1. The van der Waals surface area contributed by atoms with Gasteiger partial charge in [0.1, 0.15) is 0 Å². The van der Waals surface area contributed by atoms with Gasteiger partial charge < -0.3 is 5.32 Å². The van der Waals surface area contributed by atoms with Gasteiger partial charge in [-0.15, -0.1) is 0 Å². The van der Waals surface area contributed by atoms with Gasteiger partial charge in [0.25, 0.3) is 0 Å². The molecule has 24 heavy (non-hydrogen) atoms. The van der Waals surface area contributed by atoms with E-state index in [-0.39, 0.29) is 29.8 Å². The highest BCUT2D eigenvalue weighted by atomic mass is 79.9. The van der Waals surface area contributed by atoms with Crippen molar-refractivity contribution in [3.8, 4) is 0 Å². The van der Waals surface area contributed by atoms with Crippen molar-refractivity contribution < 1.29 is 13.2 Å². The van der Waals surface area contributed by atoms with Gasteiger partial charge in [-0.2, -0.15) is 0 Å². The highest BCUT2D eigenvalue weighted by Gasteiger charge is 2.15. The number of sulfonamides is 1. The average molecular weight is 411 g/mol. The van der Waals surface area contributed by atoms with Crippen LogP contribution in [0.25, 0.3) is 0 Å². The van der Waals surface area contributed by atoms with Crippen LogP contribution in [0.3, 0.4) is 0 Å². The van der Waals surface area contributed by atoms with Gasteiger partial charge in [0.05, 0.1) is 10.9 Å². The van der Waals surface area contributed by atoms with E-state index >= 15 is 0 Å². The highest BCUT2D eigenvalue weighted by Crippen LogP contribution is 2.14. The standard InChI is InChI=1S/C17H19BrN2O3S/c1-13(14-5-3-2-4-6-14)20-17(21)11-12-19-24(22,23)16-9-7-15(18)8-10-16/h2-10,13,19H,11-12H2,1H3,(H,20,21). The zero-order chi connectivity index (χ0) is 17.6. The smallest absolute Gasteiger partial charge is 0.240 e. The second kappa shape index (κ2) is 8.41. The molecule has 1 amide bonds. The molecule has 0 aliphatic heterocycles. The SMILES string of the molecule is CC(NC(=O)CCNS(=O)(=O)c1ccc(Br)cc1)c1ccccc1. The summed E-state index contributed by atoms with van der Waals surface area (Å²) < 4.78 is 27.5. The van der Waals surface area contributed by atoms with Gasteiger partial charge in [-0.05, 0) is 36.8 Å². The molecule has 1 atom stereocenters. The molecule has 0 aromatic heterocycles. The molecule has 2 rings (SSSR count). The number of halogens is 1. The van der Waals surface area contributed by atoms with E-state index in [1.54, 1.807) is 12.1 Å². The molecule has 0 saturated heterocycles. The van der Waals surface area contributed by atoms with Gasteiger partial charge in [-0.1, -0.05) is 46.3 Å². The Morgan fingerprint density at radius 3 is 2.33 bits per heavy atom. The summed E-state index contributed by atoms with van der Waals surface area (Å²) >= 11 is 3.26. The van der Waals surface area contributed by atoms with E-state index in [0.29, 0.717) is 0 Å². The summed E-state index contributed by atoms with van der Waals surface area (Å²) in [6.07, 6.45) is 0.0763. The number of nitrogens with one attached hydrogen (secondary N) is 2. The quantitative estimate of drug-likeness (QED) is 0.736. The monoisotopic (exact) mass is 410 g/mol. The first kappa shape index (κ1) is 18.6. The fourth-order valence-corrected chi connectivity index (χ4v) is 3.43. The summed E-state index contributed by atoms with van der Waals surface area (Å²) in [4.78, 5) is 12.1. The predicted octanol–water partition coefficient (Wildman–Crippen LogP) is 2.99. The van der Waals surface area contributed by atoms with Crippen molar-refractivity contribution in [3.05, 3.63) is 64.6 Å². The van der Waals surface area contributed by atoms with Gasteiger partial charge >= 0.3 is 0 Å². The second-order valence-electron chi connectivity index (χ2n) is 5.30. The highest BCUT2D eigenvalue weighted by molar-refractivity contribution is 9.10. The first-order valence-electron chi connectivity index (χ1n) is 7.48. The van der Waals surface area contributed by atoms with Gasteiger partial charge in [0.15, 0.2) is 0 Å². The Bertz CT molecular complexity index is 777. The molecule has 128 valence electrons. The van der Waals surface area contributed by atoms with E-state index in [1.165, 1.54) is 12.1 Å². The maximum Gasteiger partial charge on any atom is 0.240 e. The molecule has 0 bridgehead atoms. The van der Waals surface area contributed by atoms with Gasteiger partial charge in [-0.3, -0.25) is 4.79 Å². The van der Waals surface area contributed by atoms with Crippen LogP contribution in [0, 0.1) is 0 Å². The predicted molar refractivity (Wildman–Crippen MR) is 96.9 cm³/mol. The Morgan fingerprint density at radius 2 is 1.71 bits per heavy atom. The van der Waals surface area contributed by atoms with E-state index in [1.807, 2.05) is 37.3 Å². The fourth-order valence-electron chi connectivity index (χ4n) is 2.13. The van der Waals surface area contributed by atoms with Crippen LogP contribution in [0.5, 0.6) is 0 Å². The molecular formula is C17H19BrN2O3S. The van der Waals surface area contributed by atoms with Crippen LogP contribution in [0.4, 0.5) is 0 Å². The number of rotatable bonds is 7. The van der Waals surface area contributed by atoms with Crippen molar-refractivity contribution in [2.45, 2.75) is 24.3 Å². The van der Waals surface area contributed by atoms with Gasteiger partial charge in [0, 0.05) is 17.4 Å². The Morgan fingerprint density at radius 1 is 1.08 bits per heavy atom. The zero-order valence-electron chi connectivity index (χ0n) is 13.2. The molecule has 0 radical (unpaired) electrons. The van der Waals surface area contributed by atoms with Crippen LogP contribution in [0.15, 0.2) is 64.0 Å². The van der Waals surface area contributed by atoms with Crippen LogP contribution < -0.4 is 10.0 Å². The minimum Gasteiger partial charge on any atom is -0.350 e. The van der Waals surface area contributed by atoms with E-state index < -0.39 is 10.0 Å². The molecular weight excluding hydrogens is 392 g/mol. The number of hydrogen-bond donors (Lipinski definition) is 2. The number of hydrogen-bond acceptors (Lipinski definition) is 3. The van der Waals surface area contributed by atoms with Crippen molar-refractivity contribution in [3.63, 3.8) is 0 Å². The van der Waals surface area contributed by atoms with E-state index in [9.17, 15) is 13.2 Å². The van der Waals surface area contributed by atoms with Crippen LogP contribution in [0.1, 0.15) is 24.9 Å². The topological polar surface area (TPSA) is 75.3 Å². The van der Waals surface area contributed by atoms with Crippen LogP contribution >= 0.6 is 15.9 Å². The molecule has 1 unspecified atom stereocenters. The van der Waals surface area contributed by atoms with Crippen LogP contribution in [-0.2, 0) is 14.8 Å². The van der Waals surface area contributed by atoms with E-state index in [2.05, 4.69) is 26.0 Å². The average Bonchev–Trinajstić information content (AvgIpc) is 2.56. The second-order valence-corrected chi connectivity index (χ2v) is 7.98. The largest absolute Gasteiger partial charge is 0.350 e. The van der Waals surface area contributed by atoms with Crippen molar-refractivity contribution in [1.82, 2.24) is 10.0 Å². The molecule has 0 saturated carbocycles. The first-order valence-corrected chi connectivity index (χ1v) is 9.75. The molecule has 0 spiro atoms. The van der Waals surface area contributed by atoms with E-state index in [4.69, 9.17) is 0 Å². The third-order valence-corrected chi connectivity index (χ3v) is 5.45. The molecule has 2 aromatic carbocycles. The number of carbonyl (C=O) groups is 1. The first-order chi connectivity index (χ1) is 11.4. The van der Waals surface area contributed by atoms with Gasteiger partial charge in [0.2, 0.25) is 15.9 Å². The lowest BCUT2D eigenvalue weighted by atomic mass is 10.1. The minimum atomic E-state index is -3.60. The Balaban J connectivity index is 1.83. The molecule has 0 aliphatic carbocycles. The number of benzene rings is 2. The van der Waals surface area contributed by atoms with Gasteiger partial charge in [-0.25, -0.2) is 13.1 Å². The molecule has 0 heterocycles. The summed E-state index contributed by atoms with van der Waals surface area (Å²) in [7, 11) is -3.60. The summed E-state index contributed by atoms with van der Waals surface area (Å²) in [5, 5.41) is 2.85. The Hall–Kier alpha value is -1.70. The lowest BCUT2D eigenvalue weighted by Crippen LogP contribution is -2.32. The Labute approximate surface area is 150 Å². The van der Waals surface area contributed by atoms with Crippen molar-refractivity contribution >= 4 is 31.9 Å². The lowest BCUT2D eigenvalue weighted by molar-refractivity contribution is -0.121. The molecule has 7 heteroatoms. The molecule has 5 nitrogen and oxygen atoms in total. The maximum atomic E-state index is 12.1. The fraction of sp³-hybridized carbons (Fsp3) is 0.235. The zero-order valence-corrected chi connectivity index (χ0v) is 15.6. The summed E-state index contributed by atoms with van der Waals surface area (Å²) in [6, 6.07) is 15.8. The molecule has 2 aromatic rings. The van der Waals surface area contributed by atoms with E-state index in [0.717, 1.165) is 10.0 Å². The summed E-state index contributed by atoms with van der Waals surface area (Å²) in [5.41, 5.74) is 1.00. The van der Waals surface area contributed by atoms with Crippen LogP contribution in [-0.4, -0.2) is 20.9 Å². The lowest BCUT2D eigenvalue weighted by Gasteiger charge is -2.14. The number of carbonyl (C=O) groups excluding carboxylic acids is 1.